The molecule has 25 heavy (non-hydrogen) atoms. The lowest BCUT2D eigenvalue weighted by molar-refractivity contribution is -0.384. The molecule has 0 radical (unpaired) electrons. The van der Waals surface area contributed by atoms with Gasteiger partial charge in [-0.25, -0.2) is 0 Å². The molecule has 0 fully saturated rings. The summed E-state index contributed by atoms with van der Waals surface area (Å²) in [6.45, 7) is 3.93. The third-order valence-corrected chi connectivity index (χ3v) is 4.37. The zero-order valence-electron chi connectivity index (χ0n) is 14.5. The van der Waals surface area contributed by atoms with Crippen LogP contribution in [0.1, 0.15) is 38.3 Å². The quantitative estimate of drug-likeness (QED) is 0.335. The van der Waals surface area contributed by atoms with E-state index < -0.39 is 0 Å². The van der Waals surface area contributed by atoms with Crippen LogP contribution in [0.4, 0.5) is 5.69 Å². The Morgan fingerprint density at radius 2 is 2.00 bits per heavy atom. The van der Waals surface area contributed by atoms with Crippen LogP contribution in [0.2, 0.25) is 0 Å². The highest BCUT2D eigenvalue weighted by molar-refractivity contribution is 5.82. The number of nitro benzene ring substituents is 1. The van der Waals surface area contributed by atoms with E-state index in [1.54, 1.807) is 12.1 Å². The van der Waals surface area contributed by atoms with E-state index >= 15 is 0 Å². The number of hydrogen-bond donors (Lipinski definition) is 0. The summed E-state index contributed by atoms with van der Waals surface area (Å²) in [6, 6.07) is 6.94. The van der Waals surface area contributed by atoms with E-state index in [1.165, 1.54) is 6.42 Å². The Bertz CT molecular complexity index is 852. The fourth-order valence-electron chi connectivity index (χ4n) is 2.97. The first-order valence-corrected chi connectivity index (χ1v) is 8.79. The van der Waals surface area contributed by atoms with E-state index in [4.69, 9.17) is 0 Å². The summed E-state index contributed by atoms with van der Waals surface area (Å²) in [5.74, 6) is 0. The van der Waals surface area contributed by atoms with Gasteiger partial charge in [0.15, 0.2) is 0 Å². The molecule has 0 aliphatic heterocycles. The molecule has 3 aromatic rings. The molecule has 7 heteroatoms. The SMILES string of the molecule is CCCCc1cn(CCCCn2ccc3cc([N+](=O)[O-])ccc32)nn1. The molecule has 0 aliphatic carbocycles. The van der Waals surface area contributed by atoms with Crippen molar-refractivity contribution in [3.05, 3.63) is 52.5 Å². The molecule has 132 valence electrons. The van der Waals surface area contributed by atoms with Crippen LogP contribution in [0.15, 0.2) is 36.7 Å². The van der Waals surface area contributed by atoms with E-state index in [1.807, 2.05) is 29.2 Å². The van der Waals surface area contributed by atoms with Crippen molar-refractivity contribution in [2.45, 2.75) is 52.1 Å². The number of benzene rings is 1. The first kappa shape index (κ1) is 17.1. The number of aryl methyl sites for hydroxylation is 3. The minimum atomic E-state index is -0.357. The molecule has 0 spiro atoms. The van der Waals surface area contributed by atoms with Gasteiger partial charge in [0.05, 0.1) is 10.6 Å². The second kappa shape index (κ2) is 7.92. The van der Waals surface area contributed by atoms with Crippen LogP contribution in [-0.4, -0.2) is 24.5 Å². The van der Waals surface area contributed by atoms with Gasteiger partial charge in [-0.15, -0.1) is 5.10 Å². The van der Waals surface area contributed by atoms with Crippen molar-refractivity contribution < 1.29 is 4.92 Å². The predicted octanol–water partition coefficient (Wildman–Crippen LogP) is 3.96. The fourth-order valence-corrected chi connectivity index (χ4v) is 2.97. The van der Waals surface area contributed by atoms with Crippen LogP contribution in [0, 0.1) is 10.1 Å². The summed E-state index contributed by atoms with van der Waals surface area (Å²) in [5, 5.41) is 20.1. The number of nitrogens with zero attached hydrogens (tertiary/aromatic N) is 5. The number of aromatic nitrogens is 4. The Morgan fingerprint density at radius 3 is 2.80 bits per heavy atom. The number of non-ortho nitro benzene ring substituents is 1. The highest BCUT2D eigenvalue weighted by atomic mass is 16.6. The van der Waals surface area contributed by atoms with Crippen molar-refractivity contribution in [2.75, 3.05) is 0 Å². The van der Waals surface area contributed by atoms with Crippen molar-refractivity contribution in [2.24, 2.45) is 0 Å². The zero-order chi connectivity index (χ0) is 17.6. The molecule has 0 atom stereocenters. The number of unbranched alkanes of at least 4 members (excludes halogenated alkanes) is 2. The zero-order valence-corrected chi connectivity index (χ0v) is 14.5. The van der Waals surface area contributed by atoms with Crippen LogP contribution in [0.25, 0.3) is 10.9 Å². The fraction of sp³-hybridized carbons (Fsp3) is 0.444. The molecule has 2 heterocycles. The van der Waals surface area contributed by atoms with Crippen molar-refractivity contribution in [3.8, 4) is 0 Å². The average Bonchev–Trinajstić information content (AvgIpc) is 3.23. The monoisotopic (exact) mass is 341 g/mol. The van der Waals surface area contributed by atoms with Gasteiger partial charge < -0.3 is 4.57 Å². The molecule has 3 rings (SSSR count). The molecule has 0 amide bonds. The van der Waals surface area contributed by atoms with Crippen molar-refractivity contribution >= 4 is 16.6 Å². The summed E-state index contributed by atoms with van der Waals surface area (Å²) >= 11 is 0. The largest absolute Gasteiger partial charge is 0.347 e. The molecule has 0 N–H and O–H groups in total. The van der Waals surface area contributed by atoms with Crippen LogP contribution in [0.3, 0.4) is 0 Å². The number of nitro groups is 1. The number of fused-ring (bicyclic) bond motifs is 1. The second-order valence-electron chi connectivity index (χ2n) is 6.29. The standard InChI is InChI=1S/C18H23N5O2/c1-2-3-6-16-14-22(20-19-16)11-5-4-10-21-12-9-15-13-17(23(24)25)7-8-18(15)21/h7-9,12-14H,2-6,10-11H2,1H3. The lowest BCUT2D eigenvalue weighted by atomic mass is 10.2. The lowest BCUT2D eigenvalue weighted by Gasteiger charge is -2.05. The van der Waals surface area contributed by atoms with Crippen molar-refractivity contribution in [3.63, 3.8) is 0 Å². The van der Waals surface area contributed by atoms with Gasteiger partial charge in [-0.05, 0) is 37.8 Å². The van der Waals surface area contributed by atoms with Gasteiger partial charge in [-0.3, -0.25) is 14.8 Å². The number of rotatable bonds is 9. The van der Waals surface area contributed by atoms with Gasteiger partial charge in [0.25, 0.3) is 5.69 Å². The average molecular weight is 341 g/mol. The third-order valence-electron chi connectivity index (χ3n) is 4.37. The van der Waals surface area contributed by atoms with Gasteiger partial charge in [0, 0.05) is 48.5 Å². The Balaban J connectivity index is 1.51. The predicted molar refractivity (Wildman–Crippen MR) is 96.5 cm³/mol. The smallest absolute Gasteiger partial charge is 0.270 e. The first-order valence-electron chi connectivity index (χ1n) is 8.79. The molecular weight excluding hydrogens is 318 g/mol. The van der Waals surface area contributed by atoms with Crippen LogP contribution in [-0.2, 0) is 19.5 Å². The normalized spacial score (nSPS) is 11.2. The lowest BCUT2D eigenvalue weighted by Crippen LogP contribution is -2.02. The Labute approximate surface area is 146 Å². The summed E-state index contributed by atoms with van der Waals surface area (Å²) in [7, 11) is 0. The van der Waals surface area contributed by atoms with E-state index in [2.05, 4.69) is 21.8 Å². The molecule has 7 nitrogen and oxygen atoms in total. The Morgan fingerprint density at radius 1 is 1.16 bits per heavy atom. The maximum atomic E-state index is 10.8. The highest BCUT2D eigenvalue weighted by Gasteiger charge is 2.08. The van der Waals surface area contributed by atoms with Crippen molar-refractivity contribution in [1.82, 2.24) is 19.6 Å². The molecule has 0 unspecified atom stereocenters. The molecule has 0 saturated heterocycles. The van der Waals surface area contributed by atoms with Gasteiger partial charge in [0.1, 0.15) is 0 Å². The summed E-state index contributed by atoms with van der Waals surface area (Å²) in [5.41, 5.74) is 2.24. The van der Waals surface area contributed by atoms with Crippen LogP contribution < -0.4 is 0 Å². The molecule has 1 aromatic carbocycles. The van der Waals surface area contributed by atoms with Gasteiger partial charge >= 0.3 is 0 Å². The Hall–Kier alpha value is -2.70. The summed E-state index contributed by atoms with van der Waals surface area (Å²) < 4.78 is 4.06. The van der Waals surface area contributed by atoms with Gasteiger partial charge in [0.2, 0.25) is 0 Å². The third kappa shape index (κ3) is 4.23. The van der Waals surface area contributed by atoms with E-state index in [-0.39, 0.29) is 10.6 Å². The molecule has 0 saturated carbocycles. The van der Waals surface area contributed by atoms with Crippen LogP contribution in [0.5, 0.6) is 0 Å². The highest BCUT2D eigenvalue weighted by Crippen LogP contribution is 2.22. The van der Waals surface area contributed by atoms with E-state index in [0.717, 1.165) is 55.4 Å². The molecule has 0 aliphatic rings. The van der Waals surface area contributed by atoms with E-state index in [9.17, 15) is 10.1 Å². The molecular formula is C18H23N5O2. The molecule has 0 bridgehead atoms. The summed E-state index contributed by atoms with van der Waals surface area (Å²) in [6.07, 6.45) is 9.39. The minimum absolute atomic E-state index is 0.135. The second-order valence-corrected chi connectivity index (χ2v) is 6.29. The Kier molecular flexibility index (Phi) is 5.42. The first-order chi connectivity index (χ1) is 12.2. The minimum Gasteiger partial charge on any atom is -0.347 e. The maximum Gasteiger partial charge on any atom is 0.270 e. The van der Waals surface area contributed by atoms with E-state index in [0.29, 0.717) is 0 Å². The maximum absolute atomic E-state index is 10.8. The van der Waals surface area contributed by atoms with Gasteiger partial charge in [-0.1, -0.05) is 18.6 Å². The van der Waals surface area contributed by atoms with Crippen LogP contribution >= 0.6 is 0 Å². The molecule has 2 aromatic heterocycles. The topological polar surface area (TPSA) is 78.8 Å². The van der Waals surface area contributed by atoms with Crippen molar-refractivity contribution in [1.29, 1.82) is 0 Å². The number of hydrogen-bond acceptors (Lipinski definition) is 4. The summed E-state index contributed by atoms with van der Waals surface area (Å²) in [4.78, 5) is 10.5. The van der Waals surface area contributed by atoms with Gasteiger partial charge in [-0.2, -0.15) is 0 Å².